The molecule has 3 heteroatoms. The van der Waals surface area contributed by atoms with Crippen LogP contribution in [0.1, 0.15) is 39.9 Å². The van der Waals surface area contributed by atoms with Crippen molar-refractivity contribution < 1.29 is 4.42 Å². The third-order valence-corrected chi connectivity index (χ3v) is 3.22. The molecular formula is C14H18N2O. The van der Waals surface area contributed by atoms with Gasteiger partial charge in [0, 0.05) is 17.5 Å². The third kappa shape index (κ3) is 2.11. The fraction of sp³-hybridized carbons (Fsp3) is 0.357. The van der Waals surface area contributed by atoms with Gasteiger partial charge in [-0.1, -0.05) is 6.07 Å². The molecule has 0 bridgehead atoms. The van der Waals surface area contributed by atoms with Crippen LogP contribution in [0.4, 0.5) is 0 Å². The highest BCUT2D eigenvalue weighted by Crippen LogP contribution is 2.29. The van der Waals surface area contributed by atoms with E-state index in [0.29, 0.717) is 0 Å². The van der Waals surface area contributed by atoms with Crippen molar-refractivity contribution in [2.45, 2.75) is 33.7 Å². The van der Waals surface area contributed by atoms with Crippen LogP contribution in [0.15, 0.2) is 22.7 Å². The summed E-state index contributed by atoms with van der Waals surface area (Å²) in [6.07, 6.45) is 1.83. The topological polar surface area (TPSA) is 52.0 Å². The summed E-state index contributed by atoms with van der Waals surface area (Å²) in [5.41, 5.74) is 10.5. The molecule has 2 N–H and O–H groups in total. The molecule has 2 rings (SSSR count). The number of hydrogen-bond acceptors (Lipinski definition) is 3. The Morgan fingerprint density at radius 3 is 2.29 bits per heavy atom. The van der Waals surface area contributed by atoms with E-state index in [1.165, 1.54) is 0 Å². The fourth-order valence-electron chi connectivity index (χ4n) is 2.10. The maximum Gasteiger partial charge on any atom is 0.106 e. The van der Waals surface area contributed by atoms with E-state index >= 15 is 0 Å². The number of nitrogens with two attached hydrogens (primary N) is 1. The van der Waals surface area contributed by atoms with Gasteiger partial charge in [0.25, 0.3) is 0 Å². The number of aryl methyl sites for hydroxylation is 3. The number of nitrogens with zero attached hydrogens (tertiary/aromatic N) is 1. The first-order valence-corrected chi connectivity index (χ1v) is 5.75. The van der Waals surface area contributed by atoms with E-state index < -0.39 is 0 Å². The quantitative estimate of drug-likeness (QED) is 0.863. The van der Waals surface area contributed by atoms with Crippen LogP contribution in [0.2, 0.25) is 0 Å². The normalized spacial score (nSPS) is 12.8. The van der Waals surface area contributed by atoms with Gasteiger partial charge < -0.3 is 10.2 Å². The molecule has 0 radical (unpaired) electrons. The SMILES string of the molecule is Cc1ccc(C(N)c2c(C)oc(C)c2C)cn1. The van der Waals surface area contributed by atoms with Gasteiger partial charge >= 0.3 is 0 Å². The summed E-state index contributed by atoms with van der Waals surface area (Å²) in [5.74, 6) is 1.83. The first-order chi connectivity index (χ1) is 8.00. The van der Waals surface area contributed by atoms with Crippen molar-refractivity contribution in [3.05, 3.63) is 52.2 Å². The van der Waals surface area contributed by atoms with Crippen molar-refractivity contribution in [3.8, 4) is 0 Å². The molecule has 2 heterocycles. The molecule has 2 aromatic rings. The van der Waals surface area contributed by atoms with Crippen molar-refractivity contribution in [1.29, 1.82) is 0 Å². The van der Waals surface area contributed by atoms with Crippen LogP contribution >= 0.6 is 0 Å². The molecule has 90 valence electrons. The number of hydrogen-bond donors (Lipinski definition) is 1. The molecule has 0 saturated carbocycles. The minimum atomic E-state index is -0.166. The van der Waals surface area contributed by atoms with Crippen molar-refractivity contribution >= 4 is 0 Å². The Hall–Kier alpha value is -1.61. The monoisotopic (exact) mass is 230 g/mol. The minimum Gasteiger partial charge on any atom is -0.466 e. The van der Waals surface area contributed by atoms with E-state index in [9.17, 15) is 0 Å². The van der Waals surface area contributed by atoms with Gasteiger partial charge in [0.15, 0.2) is 0 Å². The van der Waals surface area contributed by atoms with Crippen LogP contribution in [0.3, 0.4) is 0 Å². The first kappa shape index (κ1) is 11.9. The lowest BCUT2D eigenvalue weighted by atomic mass is 9.97. The number of rotatable bonds is 2. The van der Waals surface area contributed by atoms with Gasteiger partial charge in [0.05, 0.1) is 6.04 Å². The van der Waals surface area contributed by atoms with E-state index in [0.717, 1.165) is 33.9 Å². The highest BCUT2D eigenvalue weighted by atomic mass is 16.3. The highest BCUT2D eigenvalue weighted by Gasteiger charge is 2.19. The van der Waals surface area contributed by atoms with E-state index in [2.05, 4.69) is 4.98 Å². The molecular weight excluding hydrogens is 212 g/mol. The summed E-state index contributed by atoms with van der Waals surface area (Å²) in [6, 6.07) is 3.83. The molecule has 0 amide bonds. The molecule has 2 aromatic heterocycles. The Balaban J connectivity index is 2.43. The van der Waals surface area contributed by atoms with Crippen molar-refractivity contribution in [2.24, 2.45) is 5.73 Å². The second-order valence-electron chi connectivity index (χ2n) is 4.46. The van der Waals surface area contributed by atoms with Crippen LogP contribution in [0.25, 0.3) is 0 Å². The van der Waals surface area contributed by atoms with Gasteiger partial charge in [0.2, 0.25) is 0 Å². The summed E-state index contributed by atoms with van der Waals surface area (Å²) in [4.78, 5) is 4.28. The van der Waals surface area contributed by atoms with Crippen LogP contribution in [0, 0.1) is 27.7 Å². The summed E-state index contributed by atoms with van der Waals surface area (Å²) >= 11 is 0. The molecule has 0 fully saturated rings. The lowest BCUT2D eigenvalue weighted by Gasteiger charge is -2.12. The Kier molecular flexibility index (Phi) is 3.03. The molecule has 0 aliphatic heterocycles. The molecule has 0 saturated heterocycles. The molecule has 0 aromatic carbocycles. The average Bonchev–Trinajstić information content (AvgIpc) is 2.53. The van der Waals surface area contributed by atoms with E-state index in [1.807, 2.05) is 46.0 Å². The smallest absolute Gasteiger partial charge is 0.106 e. The van der Waals surface area contributed by atoms with Gasteiger partial charge in [-0.15, -0.1) is 0 Å². The Morgan fingerprint density at radius 2 is 1.82 bits per heavy atom. The zero-order valence-corrected chi connectivity index (χ0v) is 10.7. The van der Waals surface area contributed by atoms with Gasteiger partial charge in [0.1, 0.15) is 11.5 Å². The lowest BCUT2D eigenvalue weighted by Crippen LogP contribution is -2.13. The predicted octanol–water partition coefficient (Wildman–Crippen LogP) is 2.96. The standard InChI is InChI=1S/C14H18N2O/c1-8-5-6-12(7-16-8)14(15)13-9(2)10(3)17-11(13)4/h5-7,14H,15H2,1-4H3. The van der Waals surface area contributed by atoms with Crippen molar-refractivity contribution in [3.63, 3.8) is 0 Å². The number of aromatic nitrogens is 1. The maximum atomic E-state index is 6.28. The number of furan rings is 1. The molecule has 0 aliphatic rings. The second-order valence-corrected chi connectivity index (χ2v) is 4.46. The van der Waals surface area contributed by atoms with E-state index in [4.69, 9.17) is 10.2 Å². The van der Waals surface area contributed by atoms with Gasteiger partial charge in [-0.05, 0) is 44.9 Å². The second kappa shape index (κ2) is 4.34. The van der Waals surface area contributed by atoms with Gasteiger partial charge in [-0.3, -0.25) is 4.98 Å². The van der Waals surface area contributed by atoms with Crippen molar-refractivity contribution in [1.82, 2.24) is 4.98 Å². The Bertz CT molecular complexity index is 526. The maximum absolute atomic E-state index is 6.28. The fourth-order valence-corrected chi connectivity index (χ4v) is 2.10. The molecule has 3 nitrogen and oxygen atoms in total. The number of pyridine rings is 1. The van der Waals surface area contributed by atoms with Crippen LogP contribution in [0.5, 0.6) is 0 Å². The summed E-state index contributed by atoms with van der Waals surface area (Å²) in [5, 5.41) is 0. The first-order valence-electron chi connectivity index (χ1n) is 5.75. The third-order valence-electron chi connectivity index (χ3n) is 3.22. The summed E-state index contributed by atoms with van der Waals surface area (Å²) in [6.45, 7) is 7.93. The van der Waals surface area contributed by atoms with E-state index in [-0.39, 0.29) is 6.04 Å². The minimum absolute atomic E-state index is 0.166. The Morgan fingerprint density at radius 1 is 1.12 bits per heavy atom. The summed E-state index contributed by atoms with van der Waals surface area (Å²) in [7, 11) is 0. The zero-order chi connectivity index (χ0) is 12.6. The molecule has 1 unspecified atom stereocenters. The largest absolute Gasteiger partial charge is 0.466 e. The molecule has 17 heavy (non-hydrogen) atoms. The van der Waals surface area contributed by atoms with Crippen LogP contribution < -0.4 is 5.73 Å². The van der Waals surface area contributed by atoms with Gasteiger partial charge in [-0.25, -0.2) is 0 Å². The molecule has 0 aliphatic carbocycles. The van der Waals surface area contributed by atoms with E-state index in [1.54, 1.807) is 0 Å². The van der Waals surface area contributed by atoms with Gasteiger partial charge in [-0.2, -0.15) is 0 Å². The lowest BCUT2D eigenvalue weighted by molar-refractivity contribution is 0.498. The molecule has 1 atom stereocenters. The summed E-state index contributed by atoms with van der Waals surface area (Å²) < 4.78 is 5.61. The average molecular weight is 230 g/mol. The zero-order valence-electron chi connectivity index (χ0n) is 10.7. The molecule has 0 spiro atoms. The Labute approximate surface area is 102 Å². The predicted molar refractivity (Wildman–Crippen MR) is 67.9 cm³/mol. The highest BCUT2D eigenvalue weighted by molar-refractivity contribution is 5.39. The van der Waals surface area contributed by atoms with Crippen LogP contribution in [-0.2, 0) is 0 Å². The van der Waals surface area contributed by atoms with Crippen molar-refractivity contribution in [2.75, 3.05) is 0 Å². The van der Waals surface area contributed by atoms with Crippen LogP contribution in [-0.4, -0.2) is 4.98 Å².